The van der Waals surface area contributed by atoms with E-state index in [1.165, 1.54) is 12.1 Å². The van der Waals surface area contributed by atoms with Crippen molar-refractivity contribution in [2.24, 2.45) is 0 Å². The lowest BCUT2D eigenvalue weighted by atomic mass is 10.1. The predicted molar refractivity (Wildman–Crippen MR) is 102 cm³/mol. The van der Waals surface area contributed by atoms with Gasteiger partial charge in [0.15, 0.2) is 5.75 Å². The molecule has 3 aromatic carbocycles. The molecule has 3 aromatic rings. The molecule has 0 atom stereocenters. The molecule has 0 aliphatic rings. The third kappa shape index (κ3) is 4.48. The maximum absolute atomic E-state index is 13.9. The molecule has 4 nitrogen and oxygen atoms in total. The van der Waals surface area contributed by atoms with Crippen LogP contribution in [0.15, 0.2) is 48.5 Å². The molecular weight excluding hydrogens is 402 g/mol. The summed E-state index contributed by atoms with van der Waals surface area (Å²) in [6.07, 6.45) is 0. The van der Waals surface area contributed by atoms with E-state index in [9.17, 15) is 27.2 Å². The highest BCUT2D eigenvalue weighted by molar-refractivity contribution is 6.05. The standard InChI is InChI=1S/C22H15F4NO3/c1-11-7-19(27-21(28)15-5-3-13(23)9-17(15)25)20(8-12(11)2)30-22(29)16-6-4-14(24)10-18(16)26/h3-10H,1-2H3,(H,27,28). The summed E-state index contributed by atoms with van der Waals surface area (Å²) in [7, 11) is 0. The third-order valence-corrected chi connectivity index (χ3v) is 4.37. The Morgan fingerprint density at radius 1 is 0.767 bits per heavy atom. The lowest BCUT2D eigenvalue weighted by Crippen LogP contribution is -2.17. The number of carbonyl (C=O) groups excluding carboxylic acids is 2. The number of hydrogen-bond acceptors (Lipinski definition) is 3. The average molecular weight is 417 g/mol. The Labute approximate surface area is 169 Å². The van der Waals surface area contributed by atoms with Gasteiger partial charge in [0.2, 0.25) is 0 Å². The Morgan fingerprint density at radius 2 is 1.30 bits per heavy atom. The van der Waals surface area contributed by atoms with Gasteiger partial charge in [0.1, 0.15) is 23.3 Å². The first-order valence-electron chi connectivity index (χ1n) is 8.70. The van der Waals surface area contributed by atoms with E-state index in [2.05, 4.69) is 5.32 Å². The first-order chi connectivity index (χ1) is 14.2. The lowest BCUT2D eigenvalue weighted by molar-refractivity contribution is 0.0729. The van der Waals surface area contributed by atoms with Crippen molar-refractivity contribution < 1.29 is 31.9 Å². The number of amides is 1. The van der Waals surface area contributed by atoms with Gasteiger partial charge in [-0.15, -0.1) is 0 Å². The fourth-order valence-electron chi connectivity index (χ4n) is 2.64. The maximum atomic E-state index is 13.9. The smallest absolute Gasteiger partial charge is 0.346 e. The third-order valence-electron chi connectivity index (χ3n) is 4.37. The van der Waals surface area contributed by atoms with Gasteiger partial charge in [0.05, 0.1) is 16.8 Å². The van der Waals surface area contributed by atoms with Crippen molar-refractivity contribution in [2.45, 2.75) is 13.8 Å². The molecule has 154 valence electrons. The van der Waals surface area contributed by atoms with Crippen LogP contribution in [0.25, 0.3) is 0 Å². The van der Waals surface area contributed by atoms with Crippen molar-refractivity contribution in [1.82, 2.24) is 0 Å². The van der Waals surface area contributed by atoms with E-state index in [1.54, 1.807) is 13.8 Å². The number of rotatable bonds is 4. The summed E-state index contributed by atoms with van der Waals surface area (Å²) in [5, 5.41) is 2.40. The molecule has 0 saturated carbocycles. The van der Waals surface area contributed by atoms with Crippen LogP contribution in [-0.4, -0.2) is 11.9 Å². The van der Waals surface area contributed by atoms with Crippen LogP contribution in [0.5, 0.6) is 5.75 Å². The Kier molecular flexibility index (Phi) is 5.86. The second-order valence-electron chi connectivity index (χ2n) is 6.52. The number of halogens is 4. The number of nitrogens with one attached hydrogen (secondary N) is 1. The monoisotopic (exact) mass is 417 g/mol. The van der Waals surface area contributed by atoms with Gasteiger partial charge in [0.25, 0.3) is 5.91 Å². The highest BCUT2D eigenvalue weighted by Crippen LogP contribution is 2.30. The van der Waals surface area contributed by atoms with Crippen LogP contribution >= 0.6 is 0 Å². The van der Waals surface area contributed by atoms with Crippen molar-refractivity contribution in [3.05, 3.63) is 94.1 Å². The molecule has 0 aliphatic carbocycles. The van der Waals surface area contributed by atoms with Gasteiger partial charge in [-0.05, 0) is 61.4 Å². The summed E-state index contributed by atoms with van der Waals surface area (Å²) >= 11 is 0. The normalized spacial score (nSPS) is 10.6. The second-order valence-corrected chi connectivity index (χ2v) is 6.52. The SMILES string of the molecule is Cc1cc(NC(=O)c2ccc(F)cc2F)c(OC(=O)c2ccc(F)cc2F)cc1C. The van der Waals surface area contributed by atoms with E-state index in [-0.39, 0.29) is 11.4 Å². The minimum Gasteiger partial charge on any atom is -0.421 e. The van der Waals surface area contributed by atoms with Crippen molar-refractivity contribution in [3.63, 3.8) is 0 Å². The molecule has 1 N–H and O–H groups in total. The largest absolute Gasteiger partial charge is 0.421 e. The van der Waals surface area contributed by atoms with Gasteiger partial charge in [-0.3, -0.25) is 4.79 Å². The molecule has 1 amide bonds. The summed E-state index contributed by atoms with van der Waals surface area (Å²) < 4.78 is 59.1. The van der Waals surface area contributed by atoms with E-state index in [4.69, 9.17) is 4.74 Å². The Bertz CT molecular complexity index is 1070. The van der Waals surface area contributed by atoms with Gasteiger partial charge in [-0.1, -0.05) is 0 Å². The topological polar surface area (TPSA) is 55.4 Å². The van der Waals surface area contributed by atoms with Crippen LogP contribution in [0, 0.1) is 37.1 Å². The van der Waals surface area contributed by atoms with Crippen LogP contribution < -0.4 is 10.1 Å². The van der Waals surface area contributed by atoms with Gasteiger partial charge in [-0.2, -0.15) is 0 Å². The molecule has 8 heteroatoms. The summed E-state index contributed by atoms with van der Waals surface area (Å²) in [4.78, 5) is 24.8. The quantitative estimate of drug-likeness (QED) is 0.355. The highest BCUT2D eigenvalue weighted by atomic mass is 19.1. The van der Waals surface area contributed by atoms with Gasteiger partial charge < -0.3 is 10.1 Å². The molecule has 0 aromatic heterocycles. The molecule has 3 rings (SSSR count). The Balaban J connectivity index is 1.92. The second kappa shape index (κ2) is 8.36. The first-order valence-corrected chi connectivity index (χ1v) is 8.70. The van der Waals surface area contributed by atoms with Crippen molar-refractivity contribution in [3.8, 4) is 5.75 Å². The van der Waals surface area contributed by atoms with Crippen LogP contribution in [-0.2, 0) is 0 Å². The van der Waals surface area contributed by atoms with E-state index in [0.29, 0.717) is 17.7 Å². The molecule has 30 heavy (non-hydrogen) atoms. The van der Waals surface area contributed by atoms with Gasteiger partial charge in [-0.25, -0.2) is 22.4 Å². The lowest BCUT2D eigenvalue weighted by Gasteiger charge is -2.14. The highest BCUT2D eigenvalue weighted by Gasteiger charge is 2.20. The average Bonchev–Trinajstić information content (AvgIpc) is 2.65. The predicted octanol–water partition coefficient (Wildman–Crippen LogP) is 5.33. The zero-order chi connectivity index (χ0) is 22.0. The summed E-state index contributed by atoms with van der Waals surface area (Å²) in [5.74, 6) is -6.01. The fraction of sp³-hybridized carbons (Fsp3) is 0.0909. The number of aryl methyl sites for hydroxylation is 2. The van der Waals surface area contributed by atoms with Gasteiger partial charge in [0, 0.05) is 12.1 Å². The van der Waals surface area contributed by atoms with Crippen molar-refractivity contribution in [2.75, 3.05) is 5.32 Å². The van der Waals surface area contributed by atoms with E-state index < -0.39 is 46.3 Å². The Hall–Kier alpha value is -3.68. The number of esters is 1. The van der Waals surface area contributed by atoms with E-state index in [1.807, 2.05) is 0 Å². The summed E-state index contributed by atoms with van der Waals surface area (Å²) in [6, 6.07) is 7.76. The maximum Gasteiger partial charge on any atom is 0.346 e. The molecule has 0 unspecified atom stereocenters. The molecule has 0 radical (unpaired) electrons. The number of hydrogen-bond donors (Lipinski definition) is 1. The van der Waals surface area contributed by atoms with Crippen LogP contribution in [0.3, 0.4) is 0 Å². The molecule has 0 saturated heterocycles. The minimum atomic E-state index is -1.11. The van der Waals surface area contributed by atoms with E-state index in [0.717, 1.165) is 29.8 Å². The molecule has 0 heterocycles. The first kappa shape index (κ1) is 21.0. The molecular formula is C22H15F4NO3. The molecule has 0 aliphatic heterocycles. The van der Waals surface area contributed by atoms with Crippen molar-refractivity contribution >= 4 is 17.6 Å². The number of carbonyl (C=O) groups is 2. The summed E-state index contributed by atoms with van der Waals surface area (Å²) in [5.41, 5.74) is 0.511. The van der Waals surface area contributed by atoms with Crippen LogP contribution in [0.1, 0.15) is 31.8 Å². The van der Waals surface area contributed by atoms with Crippen molar-refractivity contribution in [1.29, 1.82) is 0 Å². The molecule has 0 spiro atoms. The molecule has 0 bridgehead atoms. The summed E-state index contributed by atoms with van der Waals surface area (Å²) in [6.45, 7) is 3.45. The zero-order valence-corrected chi connectivity index (χ0v) is 15.9. The minimum absolute atomic E-state index is 0.0164. The van der Waals surface area contributed by atoms with E-state index >= 15 is 0 Å². The zero-order valence-electron chi connectivity index (χ0n) is 15.9. The van der Waals surface area contributed by atoms with Crippen LogP contribution in [0.2, 0.25) is 0 Å². The number of ether oxygens (including phenoxy) is 1. The van der Waals surface area contributed by atoms with Gasteiger partial charge >= 0.3 is 5.97 Å². The fourth-order valence-corrected chi connectivity index (χ4v) is 2.64. The number of anilines is 1. The number of benzene rings is 3. The van der Waals surface area contributed by atoms with Crippen LogP contribution in [0.4, 0.5) is 23.2 Å². The molecule has 0 fully saturated rings. The Morgan fingerprint density at radius 3 is 1.87 bits per heavy atom.